The molecule has 0 atom stereocenters. The maximum absolute atomic E-state index is 8.45. The maximum atomic E-state index is 8.45. The Balaban J connectivity index is 3.04. The summed E-state index contributed by atoms with van der Waals surface area (Å²) in [5, 5.41) is 22.9. The van der Waals surface area contributed by atoms with Gasteiger partial charge in [0.2, 0.25) is 0 Å². The van der Waals surface area contributed by atoms with Crippen LogP contribution in [0.15, 0.2) is 6.20 Å². The van der Waals surface area contributed by atoms with Crippen molar-refractivity contribution in [3.8, 4) is 12.1 Å². The number of rotatable bonds is 1. The molecule has 1 heterocycles. The van der Waals surface area contributed by atoms with Gasteiger partial charge in [0.1, 0.15) is 5.82 Å². The molecule has 54 valence electrons. The molecule has 0 bridgehead atoms. The van der Waals surface area contributed by atoms with E-state index in [-0.39, 0.29) is 5.82 Å². The lowest BCUT2D eigenvalue weighted by Crippen LogP contribution is -1.95. The summed E-state index contributed by atoms with van der Waals surface area (Å²) in [6.45, 7) is 0. The van der Waals surface area contributed by atoms with Crippen LogP contribution in [0.3, 0.4) is 0 Å². The van der Waals surface area contributed by atoms with E-state index in [1.807, 2.05) is 0 Å². The third-order valence-electron chi connectivity index (χ3n) is 1.27. The van der Waals surface area contributed by atoms with E-state index in [1.54, 1.807) is 12.1 Å². The predicted octanol–water partition coefficient (Wildman–Crippen LogP) is 0.123. The molecule has 5 nitrogen and oxygen atoms in total. The van der Waals surface area contributed by atoms with Gasteiger partial charge in [0.15, 0.2) is 5.92 Å². The number of aromatic nitrogens is 2. The molecule has 0 saturated heterocycles. The topological polar surface area (TPSA) is 102 Å². The van der Waals surface area contributed by atoms with Crippen LogP contribution in [0.5, 0.6) is 0 Å². The lowest BCUT2D eigenvalue weighted by molar-refractivity contribution is 1.10. The Hall–Kier alpha value is -2.01. The van der Waals surface area contributed by atoms with Crippen LogP contribution in [0, 0.1) is 22.7 Å². The predicted molar refractivity (Wildman–Crippen MR) is 37.0 cm³/mol. The second-order valence-corrected chi connectivity index (χ2v) is 1.93. The summed E-state index contributed by atoms with van der Waals surface area (Å²) in [6.07, 6.45) is 1.38. The summed E-state index contributed by atoms with van der Waals surface area (Å²) in [5.74, 6) is -0.549. The number of hydrogen-bond donors (Lipinski definition) is 2. The zero-order valence-corrected chi connectivity index (χ0v) is 5.57. The minimum absolute atomic E-state index is 0.276. The third-order valence-corrected chi connectivity index (χ3v) is 1.27. The smallest absolute Gasteiger partial charge is 0.163 e. The largest absolute Gasteiger partial charge is 0.384 e. The molecule has 0 aromatic carbocycles. The van der Waals surface area contributed by atoms with Crippen LogP contribution in [-0.2, 0) is 0 Å². The lowest BCUT2D eigenvalue weighted by Gasteiger charge is -1.94. The molecule has 1 rings (SSSR count). The summed E-state index contributed by atoms with van der Waals surface area (Å²) >= 11 is 0. The van der Waals surface area contributed by atoms with Crippen molar-refractivity contribution >= 4 is 5.82 Å². The standard InChI is InChI=1S/C6H5N5/c7-1-4(2-8)5-3-10-11-6(5)9/h3-4H,(H3,9,10,11). The number of hydrogen-bond acceptors (Lipinski definition) is 4. The van der Waals surface area contributed by atoms with Crippen LogP contribution >= 0.6 is 0 Å². The van der Waals surface area contributed by atoms with Gasteiger partial charge in [-0.2, -0.15) is 15.6 Å². The molecule has 1 aromatic heterocycles. The molecule has 11 heavy (non-hydrogen) atoms. The van der Waals surface area contributed by atoms with E-state index >= 15 is 0 Å². The number of anilines is 1. The van der Waals surface area contributed by atoms with Gasteiger partial charge in [-0.05, 0) is 0 Å². The molecule has 0 saturated carbocycles. The van der Waals surface area contributed by atoms with Gasteiger partial charge in [0.25, 0.3) is 0 Å². The van der Waals surface area contributed by atoms with Crippen molar-refractivity contribution in [2.75, 3.05) is 5.73 Å². The first-order chi connectivity index (χ1) is 5.29. The molecular formula is C6H5N5. The Bertz CT molecular complexity index is 311. The maximum Gasteiger partial charge on any atom is 0.163 e. The zero-order valence-electron chi connectivity index (χ0n) is 5.57. The van der Waals surface area contributed by atoms with E-state index in [9.17, 15) is 0 Å². The number of H-pyrrole nitrogens is 1. The SMILES string of the molecule is N#CC(C#N)c1cn[nH]c1N. The minimum Gasteiger partial charge on any atom is -0.384 e. The Morgan fingerprint density at radius 2 is 2.18 bits per heavy atom. The summed E-state index contributed by atoms with van der Waals surface area (Å²) in [5.41, 5.74) is 5.81. The van der Waals surface area contributed by atoms with Crippen molar-refractivity contribution in [1.82, 2.24) is 10.2 Å². The normalized spacial score (nSPS) is 9.00. The first-order valence-corrected chi connectivity index (χ1v) is 2.87. The number of nitrogens with zero attached hydrogens (tertiary/aromatic N) is 3. The van der Waals surface area contributed by atoms with E-state index < -0.39 is 5.92 Å². The Labute approximate surface area is 63.0 Å². The molecule has 1 aromatic rings. The van der Waals surface area contributed by atoms with E-state index in [2.05, 4.69) is 10.2 Å². The quantitative estimate of drug-likeness (QED) is 0.588. The Morgan fingerprint density at radius 3 is 2.55 bits per heavy atom. The summed E-state index contributed by atoms with van der Waals surface area (Å²) in [4.78, 5) is 0. The molecule has 0 spiro atoms. The molecule has 0 fully saturated rings. The van der Waals surface area contributed by atoms with Gasteiger partial charge in [-0.15, -0.1) is 0 Å². The number of nitriles is 2. The van der Waals surface area contributed by atoms with Crippen LogP contribution in [0.25, 0.3) is 0 Å². The average molecular weight is 147 g/mol. The summed E-state index contributed by atoms with van der Waals surface area (Å²) in [6, 6.07) is 3.59. The highest BCUT2D eigenvalue weighted by Gasteiger charge is 2.13. The van der Waals surface area contributed by atoms with Crippen LogP contribution in [-0.4, -0.2) is 10.2 Å². The fourth-order valence-corrected chi connectivity index (χ4v) is 0.703. The first kappa shape index (κ1) is 7.10. The van der Waals surface area contributed by atoms with Gasteiger partial charge in [-0.1, -0.05) is 0 Å². The van der Waals surface area contributed by atoms with Gasteiger partial charge in [-0.3, -0.25) is 5.10 Å². The zero-order chi connectivity index (χ0) is 8.27. The molecule has 5 heteroatoms. The summed E-state index contributed by atoms with van der Waals surface area (Å²) < 4.78 is 0. The van der Waals surface area contributed by atoms with Gasteiger partial charge >= 0.3 is 0 Å². The summed E-state index contributed by atoms with van der Waals surface area (Å²) in [7, 11) is 0. The van der Waals surface area contributed by atoms with Crippen LogP contribution in [0.4, 0.5) is 5.82 Å². The van der Waals surface area contributed by atoms with Crippen molar-refractivity contribution in [1.29, 1.82) is 10.5 Å². The monoisotopic (exact) mass is 147 g/mol. The molecule has 0 amide bonds. The second kappa shape index (κ2) is 2.72. The van der Waals surface area contributed by atoms with E-state index in [0.717, 1.165) is 0 Å². The first-order valence-electron chi connectivity index (χ1n) is 2.87. The number of aromatic amines is 1. The molecule has 0 aliphatic carbocycles. The highest BCUT2D eigenvalue weighted by Crippen LogP contribution is 2.17. The minimum atomic E-state index is -0.825. The average Bonchev–Trinajstić information content (AvgIpc) is 2.40. The number of nitrogens with one attached hydrogen (secondary N) is 1. The molecule has 0 aliphatic rings. The Kier molecular flexibility index (Phi) is 1.75. The second-order valence-electron chi connectivity index (χ2n) is 1.93. The molecular weight excluding hydrogens is 142 g/mol. The van der Waals surface area contributed by atoms with Crippen molar-refractivity contribution < 1.29 is 0 Å². The highest BCUT2D eigenvalue weighted by atomic mass is 15.1. The van der Waals surface area contributed by atoms with E-state index in [0.29, 0.717) is 5.56 Å². The number of nitrogen functional groups attached to an aromatic ring is 1. The van der Waals surface area contributed by atoms with Crippen molar-refractivity contribution in [2.24, 2.45) is 0 Å². The van der Waals surface area contributed by atoms with Crippen molar-refractivity contribution in [2.45, 2.75) is 5.92 Å². The van der Waals surface area contributed by atoms with Crippen LogP contribution in [0.1, 0.15) is 11.5 Å². The third kappa shape index (κ3) is 1.12. The van der Waals surface area contributed by atoms with E-state index in [1.165, 1.54) is 6.20 Å². The molecule has 0 radical (unpaired) electrons. The van der Waals surface area contributed by atoms with Crippen LogP contribution < -0.4 is 5.73 Å². The van der Waals surface area contributed by atoms with Crippen molar-refractivity contribution in [3.05, 3.63) is 11.8 Å². The molecule has 0 aliphatic heterocycles. The number of nitrogens with two attached hydrogens (primary N) is 1. The molecule has 3 N–H and O–H groups in total. The van der Waals surface area contributed by atoms with Gasteiger partial charge in [-0.25, -0.2) is 0 Å². The van der Waals surface area contributed by atoms with Gasteiger partial charge < -0.3 is 5.73 Å². The van der Waals surface area contributed by atoms with Gasteiger partial charge in [0.05, 0.1) is 18.3 Å². The molecule has 0 unspecified atom stereocenters. The van der Waals surface area contributed by atoms with E-state index in [4.69, 9.17) is 16.3 Å². The lowest BCUT2D eigenvalue weighted by atomic mass is 10.1. The highest BCUT2D eigenvalue weighted by molar-refractivity contribution is 5.45. The fraction of sp³-hybridized carbons (Fsp3) is 0.167. The van der Waals surface area contributed by atoms with Crippen LogP contribution in [0.2, 0.25) is 0 Å². The van der Waals surface area contributed by atoms with Crippen molar-refractivity contribution in [3.63, 3.8) is 0 Å². The Morgan fingerprint density at radius 1 is 1.55 bits per heavy atom. The fourth-order valence-electron chi connectivity index (χ4n) is 0.703. The van der Waals surface area contributed by atoms with Gasteiger partial charge in [0, 0.05) is 5.56 Å².